The molecule has 152 valence electrons. The van der Waals surface area contributed by atoms with Crippen LogP contribution in [0.1, 0.15) is 5.56 Å². The maximum atomic E-state index is 12.3. The molecule has 4 rings (SSSR count). The van der Waals surface area contributed by atoms with E-state index in [9.17, 15) is 9.59 Å². The second-order valence-corrected chi connectivity index (χ2v) is 7.08. The predicted octanol–water partition coefficient (Wildman–Crippen LogP) is 2.10. The third-order valence-electron chi connectivity index (χ3n) is 4.94. The Hall–Kier alpha value is -4.01. The van der Waals surface area contributed by atoms with Gasteiger partial charge in [-0.3, -0.25) is 9.78 Å². The van der Waals surface area contributed by atoms with Crippen molar-refractivity contribution in [1.29, 1.82) is 0 Å². The van der Waals surface area contributed by atoms with Gasteiger partial charge in [-0.15, -0.1) is 0 Å². The highest BCUT2D eigenvalue weighted by Crippen LogP contribution is 2.28. The lowest BCUT2D eigenvalue weighted by molar-refractivity contribution is -0.112. The summed E-state index contributed by atoms with van der Waals surface area (Å²) >= 11 is 0. The summed E-state index contributed by atoms with van der Waals surface area (Å²) in [5, 5.41) is 6.83. The quantitative estimate of drug-likeness (QED) is 0.575. The van der Waals surface area contributed by atoms with E-state index >= 15 is 0 Å². The van der Waals surface area contributed by atoms with Gasteiger partial charge in [0.15, 0.2) is 0 Å². The normalized spacial score (nSPS) is 13.0. The highest BCUT2D eigenvalue weighted by Gasteiger charge is 2.24. The van der Waals surface area contributed by atoms with Crippen LogP contribution in [0.4, 0.5) is 16.4 Å². The minimum absolute atomic E-state index is 0.158. The van der Waals surface area contributed by atoms with Crippen LogP contribution in [-0.2, 0) is 4.79 Å². The number of carbonyl (C=O) groups is 2. The summed E-state index contributed by atoms with van der Waals surface area (Å²) in [6, 6.07) is 5.42. The number of nitrogen functional groups attached to an aromatic ring is 1. The largest absolute Gasteiger partial charge is 0.383 e. The van der Waals surface area contributed by atoms with Crippen LogP contribution < -0.4 is 16.4 Å². The van der Waals surface area contributed by atoms with Crippen molar-refractivity contribution < 1.29 is 9.59 Å². The molecule has 1 aliphatic heterocycles. The van der Waals surface area contributed by atoms with Gasteiger partial charge in [-0.1, -0.05) is 0 Å². The minimum atomic E-state index is -0.293. The molecule has 0 bridgehead atoms. The molecule has 0 radical (unpaired) electrons. The Morgan fingerprint density at radius 2 is 2.03 bits per heavy atom. The number of aryl methyl sites for hydroxylation is 1. The zero-order valence-electron chi connectivity index (χ0n) is 16.6. The summed E-state index contributed by atoms with van der Waals surface area (Å²) in [6.07, 6.45) is 6.57. The first-order valence-corrected chi connectivity index (χ1v) is 9.39. The van der Waals surface area contributed by atoms with E-state index in [-0.39, 0.29) is 11.9 Å². The topological polar surface area (TPSA) is 126 Å². The molecule has 1 fully saturated rings. The fraction of sp³-hybridized carbons (Fsp3) is 0.190. The first-order chi connectivity index (χ1) is 14.4. The molecule has 9 nitrogen and oxygen atoms in total. The molecule has 4 N–H and O–H groups in total. The highest BCUT2D eigenvalue weighted by atomic mass is 16.2. The van der Waals surface area contributed by atoms with Crippen LogP contribution in [0.2, 0.25) is 0 Å². The van der Waals surface area contributed by atoms with E-state index in [2.05, 4.69) is 25.6 Å². The van der Waals surface area contributed by atoms with Crippen LogP contribution in [0, 0.1) is 6.92 Å². The van der Waals surface area contributed by atoms with E-state index in [0.29, 0.717) is 35.8 Å². The number of amides is 3. The lowest BCUT2D eigenvalue weighted by Crippen LogP contribution is -2.48. The molecule has 30 heavy (non-hydrogen) atoms. The molecule has 0 aromatic carbocycles. The van der Waals surface area contributed by atoms with Gasteiger partial charge in [-0.05, 0) is 41.6 Å². The smallest absolute Gasteiger partial charge is 0.317 e. The average Bonchev–Trinajstić information content (AvgIpc) is 2.70. The number of likely N-dealkylation sites (tertiary alicyclic amines) is 1. The van der Waals surface area contributed by atoms with Crippen LogP contribution in [-0.4, -0.2) is 51.9 Å². The maximum Gasteiger partial charge on any atom is 0.317 e. The number of hydrogen-bond donors (Lipinski definition) is 3. The Morgan fingerprint density at radius 3 is 2.77 bits per heavy atom. The summed E-state index contributed by atoms with van der Waals surface area (Å²) in [7, 11) is 1.57. The summed E-state index contributed by atoms with van der Waals surface area (Å²) in [6.45, 7) is 2.86. The van der Waals surface area contributed by atoms with Gasteiger partial charge in [0, 0.05) is 55.8 Å². The van der Waals surface area contributed by atoms with Crippen LogP contribution in [0.15, 0.2) is 48.4 Å². The summed E-state index contributed by atoms with van der Waals surface area (Å²) in [5.41, 5.74) is 9.64. The Bertz CT molecular complexity index is 1180. The number of anilines is 2. The van der Waals surface area contributed by atoms with Gasteiger partial charge < -0.3 is 21.3 Å². The van der Waals surface area contributed by atoms with Crippen molar-refractivity contribution in [3.8, 4) is 11.3 Å². The molecule has 0 spiro atoms. The fourth-order valence-corrected chi connectivity index (χ4v) is 3.30. The van der Waals surface area contributed by atoms with Crippen LogP contribution >= 0.6 is 0 Å². The van der Waals surface area contributed by atoms with Gasteiger partial charge in [-0.2, -0.15) is 0 Å². The molecule has 1 aliphatic rings. The van der Waals surface area contributed by atoms with E-state index in [4.69, 9.17) is 5.73 Å². The van der Waals surface area contributed by atoms with Crippen molar-refractivity contribution >= 4 is 34.3 Å². The Morgan fingerprint density at radius 1 is 1.23 bits per heavy atom. The van der Waals surface area contributed by atoms with E-state index in [1.807, 2.05) is 19.1 Å². The van der Waals surface area contributed by atoms with Gasteiger partial charge in [-0.25, -0.2) is 14.8 Å². The van der Waals surface area contributed by atoms with Crippen LogP contribution in [0.25, 0.3) is 22.0 Å². The van der Waals surface area contributed by atoms with Crippen molar-refractivity contribution in [1.82, 2.24) is 25.2 Å². The average molecular weight is 403 g/mol. The first-order valence-electron chi connectivity index (χ1n) is 9.39. The number of urea groups is 1. The van der Waals surface area contributed by atoms with Crippen LogP contribution in [0.5, 0.6) is 0 Å². The standard InChI is InChI=1S/C21H21N7O2/c1-12-3-4-24-8-15(12)17-6-14-7-18(25-9-16(14)20(22)26-17)27-19(29)5-13-10-28(11-13)21(30)23-2/h3-9H,10-11H2,1-2H3,(H2,22,26)(H,23,30)(H,25,27,29). The number of pyridine rings is 3. The van der Waals surface area contributed by atoms with E-state index in [0.717, 1.165) is 22.1 Å². The zero-order valence-corrected chi connectivity index (χ0v) is 16.6. The van der Waals surface area contributed by atoms with Crippen molar-refractivity contribution in [2.24, 2.45) is 0 Å². The summed E-state index contributed by atoms with van der Waals surface area (Å²) in [5.74, 6) is 0.479. The SMILES string of the molecule is CNC(=O)N1CC(=CC(=O)Nc2cc3cc(-c4cnccc4C)nc(N)c3cn2)C1. The lowest BCUT2D eigenvalue weighted by atomic mass is 10.1. The summed E-state index contributed by atoms with van der Waals surface area (Å²) in [4.78, 5) is 38.3. The third-order valence-corrected chi connectivity index (χ3v) is 4.94. The van der Waals surface area contributed by atoms with E-state index in [1.54, 1.807) is 36.6 Å². The molecule has 3 aromatic heterocycles. The molecular formula is C21H21N7O2. The highest BCUT2D eigenvalue weighted by molar-refractivity contribution is 6.01. The Labute approximate surface area is 173 Å². The maximum absolute atomic E-state index is 12.3. The second-order valence-electron chi connectivity index (χ2n) is 7.08. The fourth-order valence-electron chi connectivity index (χ4n) is 3.30. The van der Waals surface area contributed by atoms with Gasteiger partial charge in [0.05, 0.1) is 5.69 Å². The van der Waals surface area contributed by atoms with Crippen molar-refractivity contribution in [2.45, 2.75) is 6.92 Å². The monoisotopic (exact) mass is 403 g/mol. The first kappa shape index (κ1) is 19.3. The van der Waals surface area contributed by atoms with Gasteiger partial charge >= 0.3 is 6.03 Å². The molecule has 9 heteroatoms. The van der Waals surface area contributed by atoms with Crippen molar-refractivity contribution in [2.75, 3.05) is 31.2 Å². The number of hydrogen-bond acceptors (Lipinski definition) is 6. The third kappa shape index (κ3) is 3.77. The van der Waals surface area contributed by atoms with Gasteiger partial charge in [0.1, 0.15) is 11.6 Å². The molecule has 0 saturated carbocycles. The number of nitrogens with two attached hydrogens (primary N) is 1. The van der Waals surface area contributed by atoms with Gasteiger partial charge in [0.25, 0.3) is 0 Å². The molecule has 0 atom stereocenters. The molecule has 4 heterocycles. The summed E-state index contributed by atoms with van der Waals surface area (Å²) < 4.78 is 0. The molecule has 1 saturated heterocycles. The number of nitrogens with zero attached hydrogens (tertiary/aromatic N) is 4. The number of rotatable bonds is 3. The molecular weight excluding hydrogens is 382 g/mol. The zero-order chi connectivity index (χ0) is 21.3. The Kier molecular flexibility index (Phi) is 5.01. The van der Waals surface area contributed by atoms with Crippen molar-refractivity contribution in [3.63, 3.8) is 0 Å². The lowest BCUT2D eigenvalue weighted by Gasteiger charge is -2.33. The Balaban J connectivity index is 1.55. The molecule has 3 amide bonds. The van der Waals surface area contributed by atoms with E-state index in [1.165, 1.54) is 6.08 Å². The number of aromatic nitrogens is 3. The number of nitrogens with one attached hydrogen (secondary N) is 2. The molecule has 0 unspecified atom stereocenters. The minimum Gasteiger partial charge on any atom is -0.383 e. The van der Waals surface area contributed by atoms with Gasteiger partial charge in [0.2, 0.25) is 5.91 Å². The van der Waals surface area contributed by atoms with E-state index < -0.39 is 0 Å². The number of carbonyl (C=O) groups excluding carboxylic acids is 2. The molecule has 3 aromatic rings. The van der Waals surface area contributed by atoms with Crippen LogP contribution in [0.3, 0.4) is 0 Å². The van der Waals surface area contributed by atoms with Crippen molar-refractivity contribution in [3.05, 3.63) is 54.0 Å². The second kappa shape index (κ2) is 7.78. The predicted molar refractivity (Wildman–Crippen MR) is 115 cm³/mol. The number of fused-ring (bicyclic) bond motifs is 1. The molecule has 0 aliphatic carbocycles.